The van der Waals surface area contributed by atoms with Gasteiger partial charge in [-0.05, 0) is 31.5 Å². The molecular weight excluding hydrogens is 346 g/mol. The molecule has 9 heteroatoms. The van der Waals surface area contributed by atoms with E-state index in [0.717, 1.165) is 0 Å². The molecule has 7 nitrogen and oxygen atoms in total. The molecule has 1 aliphatic rings. The lowest BCUT2D eigenvalue weighted by Gasteiger charge is -2.24. The van der Waals surface area contributed by atoms with E-state index in [9.17, 15) is 14.0 Å². The number of benzene rings is 1. The van der Waals surface area contributed by atoms with Gasteiger partial charge in [0.1, 0.15) is 11.6 Å². The second-order valence-corrected chi connectivity index (χ2v) is 5.51. The van der Waals surface area contributed by atoms with E-state index in [0.29, 0.717) is 16.8 Å². The van der Waals surface area contributed by atoms with Crippen molar-refractivity contribution in [3.8, 4) is 23.4 Å². The van der Waals surface area contributed by atoms with Crippen LogP contribution in [0.4, 0.5) is 8.78 Å². The van der Waals surface area contributed by atoms with Crippen LogP contribution in [-0.2, 0) is 0 Å². The quantitative estimate of drug-likeness (QED) is 0.847. The van der Waals surface area contributed by atoms with Gasteiger partial charge in [-0.3, -0.25) is 5.10 Å². The number of alkyl halides is 2. The molecule has 1 aromatic carbocycles. The Hall–Kier alpha value is -3.28. The van der Waals surface area contributed by atoms with Gasteiger partial charge in [0.15, 0.2) is 11.5 Å². The second-order valence-electron chi connectivity index (χ2n) is 5.51. The largest absolute Gasteiger partial charge is 0.490 e. The number of fused-ring (bicyclic) bond motifs is 1. The number of halogens is 2. The highest BCUT2D eigenvalue weighted by Crippen LogP contribution is 2.44. The maximum Gasteiger partial charge on any atom is 0.387 e. The number of aryl methyl sites for hydroxylation is 1. The number of H-pyrrole nitrogens is 1. The van der Waals surface area contributed by atoms with Crippen molar-refractivity contribution in [3.63, 3.8) is 0 Å². The minimum atomic E-state index is -2.98. The van der Waals surface area contributed by atoms with E-state index in [1.54, 1.807) is 26.0 Å². The Balaban J connectivity index is 2.14. The van der Waals surface area contributed by atoms with Crippen molar-refractivity contribution in [1.82, 2.24) is 10.2 Å². The molecule has 0 spiro atoms. The van der Waals surface area contributed by atoms with Crippen LogP contribution in [0.5, 0.6) is 17.4 Å². The zero-order valence-corrected chi connectivity index (χ0v) is 14.0. The Labute approximate surface area is 148 Å². The first-order valence-electron chi connectivity index (χ1n) is 7.80. The number of hydrogen-bond acceptors (Lipinski definition) is 6. The van der Waals surface area contributed by atoms with Crippen molar-refractivity contribution in [2.45, 2.75) is 26.4 Å². The number of nitrogens with zero attached hydrogens (tertiary/aromatic N) is 2. The van der Waals surface area contributed by atoms with Crippen molar-refractivity contribution < 1.29 is 23.0 Å². The number of nitrogens with one attached hydrogen (secondary N) is 1. The summed E-state index contributed by atoms with van der Waals surface area (Å²) >= 11 is 0. The van der Waals surface area contributed by atoms with E-state index in [4.69, 9.17) is 15.2 Å². The van der Waals surface area contributed by atoms with Crippen molar-refractivity contribution >= 4 is 0 Å². The third-order valence-electron chi connectivity index (χ3n) is 3.95. The molecule has 1 aliphatic heterocycles. The monoisotopic (exact) mass is 362 g/mol. The van der Waals surface area contributed by atoms with E-state index >= 15 is 0 Å². The molecule has 136 valence electrons. The van der Waals surface area contributed by atoms with Gasteiger partial charge < -0.3 is 19.9 Å². The van der Waals surface area contributed by atoms with E-state index < -0.39 is 12.5 Å². The molecule has 26 heavy (non-hydrogen) atoms. The van der Waals surface area contributed by atoms with Crippen molar-refractivity contribution in [3.05, 3.63) is 46.5 Å². The standard InChI is InChI=1S/C17H16F2N4O3/c1-3-24-12-6-9(4-5-11(12)25-17(18)19)14-10(7-20)15(21)26-16-13(14)8(2)22-23-16/h4-6,14,17H,3,21H2,1-2H3,(H,22,23)/t14-/m1/s1. The Morgan fingerprint density at radius 2 is 2.19 bits per heavy atom. The van der Waals surface area contributed by atoms with Gasteiger partial charge in [0.2, 0.25) is 11.8 Å². The summed E-state index contributed by atoms with van der Waals surface area (Å²) in [6.45, 7) is 0.798. The zero-order valence-electron chi connectivity index (χ0n) is 14.0. The fraction of sp³-hybridized carbons (Fsp3) is 0.294. The van der Waals surface area contributed by atoms with Gasteiger partial charge in [0.25, 0.3) is 0 Å². The number of ether oxygens (including phenoxy) is 3. The van der Waals surface area contributed by atoms with E-state index in [-0.39, 0.29) is 35.4 Å². The van der Waals surface area contributed by atoms with Crippen LogP contribution in [0.25, 0.3) is 0 Å². The van der Waals surface area contributed by atoms with Crippen LogP contribution in [0.15, 0.2) is 29.7 Å². The van der Waals surface area contributed by atoms with Gasteiger partial charge in [-0.15, -0.1) is 5.10 Å². The summed E-state index contributed by atoms with van der Waals surface area (Å²) in [5, 5.41) is 16.4. The third-order valence-corrected chi connectivity index (χ3v) is 3.95. The first kappa shape index (κ1) is 17.5. The molecule has 0 saturated heterocycles. The molecule has 0 radical (unpaired) electrons. The molecule has 0 amide bonds. The summed E-state index contributed by atoms with van der Waals surface area (Å²) < 4.78 is 40.5. The fourth-order valence-electron chi connectivity index (χ4n) is 2.90. The number of rotatable bonds is 5. The fourth-order valence-corrected chi connectivity index (χ4v) is 2.90. The summed E-state index contributed by atoms with van der Waals surface area (Å²) in [6.07, 6.45) is 0. The van der Waals surface area contributed by atoms with Gasteiger partial charge in [-0.2, -0.15) is 14.0 Å². The van der Waals surface area contributed by atoms with Crippen LogP contribution in [0.2, 0.25) is 0 Å². The minimum absolute atomic E-state index is 0.0534. The smallest absolute Gasteiger partial charge is 0.387 e. The summed E-state index contributed by atoms with van der Waals surface area (Å²) in [6, 6.07) is 6.57. The molecule has 3 N–H and O–H groups in total. The molecule has 1 atom stereocenters. The lowest BCUT2D eigenvalue weighted by Crippen LogP contribution is -2.21. The lowest BCUT2D eigenvalue weighted by molar-refractivity contribution is -0.0514. The van der Waals surface area contributed by atoms with E-state index in [1.165, 1.54) is 6.07 Å². The molecule has 1 aromatic heterocycles. The van der Waals surface area contributed by atoms with Gasteiger partial charge in [0, 0.05) is 11.3 Å². The lowest BCUT2D eigenvalue weighted by atomic mass is 9.84. The first-order valence-corrected chi connectivity index (χ1v) is 7.80. The summed E-state index contributed by atoms with van der Waals surface area (Å²) in [5.74, 6) is -0.285. The van der Waals surface area contributed by atoms with Crippen LogP contribution >= 0.6 is 0 Å². The molecule has 0 fully saturated rings. The van der Waals surface area contributed by atoms with Gasteiger partial charge >= 0.3 is 6.61 Å². The average molecular weight is 362 g/mol. The SMILES string of the molecule is CCOc1cc([C@@H]2C(C#N)=C(N)Oc3n[nH]c(C)c32)ccc1OC(F)F. The van der Waals surface area contributed by atoms with Crippen LogP contribution < -0.4 is 19.9 Å². The van der Waals surface area contributed by atoms with E-state index in [1.807, 2.05) is 0 Å². The van der Waals surface area contributed by atoms with Crippen molar-refractivity contribution in [1.29, 1.82) is 5.26 Å². The summed E-state index contributed by atoms with van der Waals surface area (Å²) in [5.41, 5.74) is 8.03. The van der Waals surface area contributed by atoms with Crippen molar-refractivity contribution in [2.24, 2.45) is 5.73 Å². The van der Waals surface area contributed by atoms with Gasteiger partial charge in [-0.1, -0.05) is 6.07 Å². The molecule has 0 bridgehead atoms. The topological polar surface area (TPSA) is 106 Å². The minimum Gasteiger partial charge on any atom is -0.490 e. The molecular formula is C17H16F2N4O3. The Kier molecular flexibility index (Phi) is 4.67. The van der Waals surface area contributed by atoms with E-state index in [2.05, 4.69) is 21.0 Å². The number of nitrogens with two attached hydrogens (primary N) is 1. The predicted molar refractivity (Wildman–Crippen MR) is 86.9 cm³/mol. The van der Waals surface area contributed by atoms with Crippen LogP contribution in [0, 0.1) is 18.3 Å². The first-order chi connectivity index (χ1) is 12.5. The third kappa shape index (κ3) is 3.01. The maximum absolute atomic E-state index is 12.6. The number of hydrogen-bond donors (Lipinski definition) is 2. The number of aromatic nitrogens is 2. The average Bonchev–Trinajstić information content (AvgIpc) is 2.95. The second kappa shape index (κ2) is 6.92. The van der Waals surface area contributed by atoms with Gasteiger partial charge in [0.05, 0.1) is 12.5 Å². The van der Waals surface area contributed by atoms with Gasteiger partial charge in [-0.25, -0.2) is 0 Å². The highest BCUT2D eigenvalue weighted by atomic mass is 19.3. The molecule has 0 saturated carbocycles. The van der Waals surface area contributed by atoms with Crippen LogP contribution in [0.1, 0.15) is 29.7 Å². The molecule has 0 aliphatic carbocycles. The summed E-state index contributed by atoms with van der Waals surface area (Å²) in [4.78, 5) is 0. The Bertz CT molecular complexity index is 902. The highest BCUT2D eigenvalue weighted by molar-refractivity contribution is 5.57. The normalized spacial score (nSPS) is 16.1. The number of aromatic amines is 1. The zero-order chi connectivity index (χ0) is 18.8. The van der Waals surface area contributed by atoms with Crippen LogP contribution in [0.3, 0.4) is 0 Å². The Morgan fingerprint density at radius 1 is 1.42 bits per heavy atom. The molecule has 0 unspecified atom stereocenters. The number of allylic oxidation sites excluding steroid dienone is 1. The summed E-state index contributed by atoms with van der Waals surface area (Å²) in [7, 11) is 0. The molecule has 3 rings (SSSR count). The van der Waals surface area contributed by atoms with Crippen LogP contribution in [-0.4, -0.2) is 23.4 Å². The van der Waals surface area contributed by atoms with Crippen molar-refractivity contribution in [2.75, 3.05) is 6.61 Å². The predicted octanol–water partition coefficient (Wildman–Crippen LogP) is 2.94. The highest BCUT2D eigenvalue weighted by Gasteiger charge is 2.34. The Morgan fingerprint density at radius 3 is 2.85 bits per heavy atom. The maximum atomic E-state index is 12.6. The molecule has 2 aromatic rings. The molecule has 2 heterocycles. The number of nitriles is 1.